The summed E-state index contributed by atoms with van der Waals surface area (Å²) in [6, 6.07) is 5.04. The summed E-state index contributed by atoms with van der Waals surface area (Å²) in [7, 11) is -3.19. The molecule has 1 aromatic heterocycles. The third-order valence-electron chi connectivity index (χ3n) is 2.71. The maximum atomic E-state index is 11.5. The molecule has 5 nitrogen and oxygen atoms in total. The predicted octanol–water partition coefficient (Wildman–Crippen LogP) is 1.80. The predicted molar refractivity (Wildman–Crippen MR) is 73.6 cm³/mol. The number of aryl methyl sites for hydroxylation is 1. The van der Waals surface area contributed by atoms with Crippen molar-refractivity contribution < 1.29 is 8.42 Å². The average molecular weight is 277 g/mol. The van der Waals surface area contributed by atoms with Crippen molar-refractivity contribution >= 4 is 15.5 Å². The van der Waals surface area contributed by atoms with E-state index in [0.29, 0.717) is 11.4 Å². The Kier molecular flexibility index (Phi) is 3.80. The first kappa shape index (κ1) is 13.5. The Morgan fingerprint density at radius 1 is 1.26 bits per heavy atom. The number of nitrogens with zero attached hydrogens (tertiary/aromatic N) is 2. The molecule has 2 aromatic rings. The summed E-state index contributed by atoms with van der Waals surface area (Å²) in [6.07, 6.45) is 6.10. The second kappa shape index (κ2) is 5.36. The van der Waals surface area contributed by atoms with E-state index in [9.17, 15) is 8.42 Å². The minimum Gasteiger partial charge on any atom is -0.379 e. The molecule has 0 bridgehead atoms. The molecule has 0 atom stereocenters. The molecule has 0 fully saturated rings. The highest BCUT2D eigenvalue weighted by Gasteiger charge is 2.09. The zero-order chi connectivity index (χ0) is 13.9. The first-order valence-electron chi connectivity index (χ1n) is 5.76. The summed E-state index contributed by atoms with van der Waals surface area (Å²) >= 11 is 0. The highest BCUT2D eigenvalue weighted by atomic mass is 32.2. The van der Waals surface area contributed by atoms with Crippen LogP contribution in [0.5, 0.6) is 0 Å². The van der Waals surface area contributed by atoms with Crippen LogP contribution >= 0.6 is 0 Å². The lowest BCUT2D eigenvalue weighted by Crippen LogP contribution is -2.05. The number of hydrogen-bond acceptors (Lipinski definition) is 5. The molecule has 19 heavy (non-hydrogen) atoms. The number of hydrogen-bond donors (Lipinski definition) is 1. The lowest BCUT2D eigenvalue weighted by Gasteiger charge is -2.10. The van der Waals surface area contributed by atoms with Crippen molar-refractivity contribution in [3.05, 3.63) is 48.0 Å². The number of benzene rings is 1. The Hall–Kier alpha value is -1.95. The number of aromatic nitrogens is 2. The molecule has 0 aliphatic carbocycles. The van der Waals surface area contributed by atoms with Gasteiger partial charge in [-0.2, -0.15) is 0 Å². The highest BCUT2D eigenvalue weighted by Crippen LogP contribution is 2.20. The molecule has 1 heterocycles. The third-order valence-corrected chi connectivity index (χ3v) is 3.82. The van der Waals surface area contributed by atoms with Crippen LogP contribution in [-0.2, 0) is 16.4 Å². The zero-order valence-electron chi connectivity index (χ0n) is 10.8. The van der Waals surface area contributed by atoms with Gasteiger partial charge in [-0.25, -0.2) is 8.42 Å². The van der Waals surface area contributed by atoms with E-state index in [-0.39, 0.29) is 0 Å². The number of sulfone groups is 1. The van der Waals surface area contributed by atoms with Gasteiger partial charge in [0.25, 0.3) is 0 Å². The molecule has 1 N–H and O–H groups in total. The van der Waals surface area contributed by atoms with Gasteiger partial charge in [0.15, 0.2) is 9.84 Å². The quantitative estimate of drug-likeness (QED) is 0.922. The summed E-state index contributed by atoms with van der Waals surface area (Å²) < 4.78 is 23.0. The lowest BCUT2D eigenvalue weighted by atomic mass is 10.2. The second-order valence-electron chi connectivity index (χ2n) is 4.30. The van der Waals surface area contributed by atoms with E-state index in [0.717, 1.165) is 16.9 Å². The molecular weight excluding hydrogens is 262 g/mol. The smallest absolute Gasteiger partial charge is 0.175 e. The van der Waals surface area contributed by atoms with Gasteiger partial charge >= 0.3 is 0 Å². The van der Waals surface area contributed by atoms with Gasteiger partial charge in [-0.05, 0) is 24.6 Å². The van der Waals surface area contributed by atoms with Crippen LogP contribution in [0.3, 0.4) is 0 Å². The first-order chi connectivity index (χ1) is 8.97. The van der Waals surface area contributed by atoms with E-state index in [1.54, 1.807) is 36.8 Å². The van der Waals surface area contributed by atoms with E-state index >= 15 is 0 Å². The molecule has 0 radical (unpaired) electrons. The fraction of sp³-hybridized carbons (Fsp3) is 0.231. The minimum absolute atomic E-state index is 0.305. The third kappa shape index (κ3) is 3.51. The first-order valence-corrected chi connectivity index (χ1v) is 7.65. The molecule has 100 valence electrons. The summed E-state index contributed by atoms with van der Waals surface area (Å²) in [6.45, 7) is 2.42. The molecule has 0 saturated heterocycles. The van der Waals surface area contributed by atoms with E-state index in [1.165, 1.54) is 6.26 Å². The van der Waals surface area contributed by atoms with Crippen LogP contribution in [0.2, 0.25) is 0 Å². The van der Waals surface area contributed by atoms with Crippen molar-refractivity contribution in [3.63, 3.8) is 0 Å². The molecule has 6 heteroatoms. The van der Waals surface area contributed by atoms with Crippen LogP contribution in [-0.4, -0.2) is 24.6 Å². The molecule has 0 spiro atoms. The van der Waals surface area contributed by atoms with Crippen molar-refractivity contribution in [1.82, 2.24) is 9.97 Å². The largest absolute Gasteiger partial charge is 0.379 e. The van der Waals surface area contributed by atoms with Crippen molar-refractivity contribution in [1.29, 1.82) is 0 Å². The molecule has 0 aliphatic heterocycles. The van der Waals surface area contributed by atoms with Crippen molar-refractivity contribution in [2.24, 2.45) is 0 Å². The Morgan fingerprint density at radius 2 is 2.05 bits per heavy atom. The van der Waals surface area contributed by atoms with Gasteiger partial charge in [0.05, 0.1) is 23.3 Å². The van der Waals surface area contributed by atoms with E-state index in [1.807, 2.05) is 6.92 Å². The summed E-state index contributed by atoms with van der Waals surface area (Å²) in [5.41, 5.74) is 2.57. The van der Waals surface area contributed by atoms with Crippen molar-refractivity contribution in [2.45, 2.75) is 18.4 Å². The summed E-state index contributed by atoms with van der Waals surface area (Å²) in [5.74, 6) is 0. The topological polar surface area (TPSA) is 72.0 Å². The second-order valence-corrected chi connectivity index (χ2v) is 6.31. The standard InChI is InChI=1S/C13H15N3O2S/c1-10-3-4-12(19(2,17)18)7-13(10)16-9-11-8-14-5-6-15-11/h3-8,16H,9H2,1-2H3. The molecule has 0 saturated carbocycles. The maximum Gasteiger partial charge on any atom is 0.175 e. The molecule has 0 amide bonds. The molecular formula is C13H15N3O2S. The van der Waals surface area contributed by atoms with Crippen LogP contribution in [0.25, 0.3) is 0 Å². The minimum atomic E-state index is -3.19. The van der Waals surface area contributed by atoms with Gasteiger partial charge in [0.1, 0.15) is 0 Å². The SMILES string of the molecule is Cc1ccc(S(C)(=O)=O)cc1NCc1cnccn1. The van der Waals surface area contributed by atoms with Crippen LogP contribution in [0.15, 0.2) is 41.7 Å². The van der Waals surface area contributed by atoms with Crippen molar-refractivity contribution in [3.8, 4) is 0 Å². The van der Waals surface area contributed by atoms with Gasteiger partial charge in [0, 0.05) is 24.3 Å². The van der Waals surface area contributed by atoms with E-state index in [4.69, 9.17) is 0 Å². The Labute approximate surface area is 112 Å². The maximum absolute atomic E-state index is 11.5. The molecule has 1 aromatic carbocycles. The average Bonchev–Trinajstić information content (AvgIpc) is 2.37. The Morgan fingerprint density at radius 3 is 2.68 bits per heavy atom. The lowest BCUT2D eigenvalue weighted by molar-refractivity contribution is 0.602. The molecule has 0 unspecified atom stereocenters. The van der Waals surface area contributed by atoms with E-state index in [2.05, 4.69) is 15.3 Å². The fourth-order valence-corrected chi connectivity index (χ4v) is 2.28. The Bertz CT molecular complexity index is 670. The monoisotopic (exact) mass is 277 g/mol. The zero-order valence-corrected chi connectivity index (χ0v) is 11.6. The van der Waals surface area contributed by atoms with Crippen LogP contribution < -0.4 is 5.32 Å². The van der Waals surface area contributed by atoms with Crippen molar-refractivity contribution in [2.75, 3.05) is 11.6 Å². The molecule has 0 aliphatic rings. The van der Waals surface area contributed by atoms with Crippen LogP contribution in [0.4, 0.5) is 5.69 Å². The van der Waals surface area contributed by atoms with Crippen LogP contribution in [0.1, 0.15) is 11.3 Å². The highest BCUT2D eigenvalue weighted by molar-refractivity contribution is 7.90. The normalized spacial score (nSPS) is 11.3. The number of rotatable bonds is 4. The number of anilines is 1. The summed E-state index contributed by atoms with van der Waals surface area (Å²) in [5, 5.41) is 3.17. The van der Waals surface area contributed by atoms with E-state index < -0.39 is 9.84 Å². The Balaban J connectivity index is 2.21. The fourth-order valence-electron chi connectivity index (χ4n) is 1.63. The van der Waals surface area contributed by atoms with Gasteiger partial charge in [-0.1, -0.05) is 6.07 Å². The van der Waals surface area contributed by atoms with Gasteiger partial charge in [0.2, 0.25) is 0 Å². The molecule has 2 rings (SSSR count). The van der Waals surface area contributed by atoms with Crippen LogP contribution in [0, 0.1) is 6.92 Å². The van der Waals surface area contributed by atoms with Gasteiger partial charge in [-0.15, -0.1) is 0 Å². The summed E-state index contributed by atoms with van der Waals surface area (Å²) in [4.78, 5) is 8.43. The van der Waals surface area contributed by atoms with Gasteiger partial charge < -0.3 is 5.32 Å². The van der Waals surface area contributed by atoms with Gasteiger partial charge in [-0.3, -0.25) is 9.97 Å². The number of nitrogens with one attached hydrogen (secondary N) is 1.